The molecule has 2 saturated carbocycles. The van der Waals surface area contributed by atoms with E-state index in [1.165, 1.54) is 6.42 Å². The van der Waals surface area contributed by atoms with Crippen molar-refractivity contribution in [3.8, 4) is 6.07 Å². The van der Waals surface area contributed by atoms with Gasteiger partial charge in [0.1, 0.15) is 5.54 Å². The summed E-state index contributed by atoms with van der Waals surface area (Å²) in [6.07, 6.45) is 8.25. The van der Waals surface area contributed by atoms with Crippen molar-refractivity contribution in [1.82, 2.24) is 5.32 Å². The van der Waals surface area contributed by atoms with Gasteiger partial charge < -0.3 is 10.1 Å². The molecule has 0 radical (unpaired) electrons. The molecule has 1 amide bonds. The first-order valence-corrected chi connectivity index (χ1v) is 7.84. The van der Waals surface area contributed by atoms with Crippen LogP contribution in [0.1, 0.15) is 64.7 Å². The van der Waals surface area contributed by atoms with Gasteiger partial charge in [-0.1, -0.05) is 13.3 Å². The Morgan fingerprint density at radius 2 is 2.00 bits per heavy atom. The van der Waals surface area contributed by atoms with Crippen LogP contribution in [0, 0.1) is 17.2 Å². The highest BCUT2D eigenvalue weighted by Crippen LogP contribution is 2.39. The van der Waals surface area contributed by atoms with E-state index in [2.05, 4.69) is 18.3 Å². The maximum atomic E-state index is 12.3. The molecule has 1 N–H and O–H groups in total. The average Bonchev–Trinajstić information content (AvgIpc) is 2.43. The summed E-state index contributed by atoms with van der Waals surface area (Å²) in [6, 6.07) is 2.36. The number of hydrogen-bond donors (Lipinski definition) is 1. The van der Waals surface area contributed by atoms with E-state index in [4.69, 9.17) is 4.74 Å². The molecule has 0 spiro atoms. The van der Waals surface area contributed by atoms with E-state index in [1.54, 1.807) is 7.11 Å². The molecule has 112 valence electrons. The standard InChI is InChI=1S/C16H26N2O2/c1-3-13-5-9-15(12-17,10-6-13)18-14(19)11-16(20-2)7-4-8-16/h13H,3-11H2,1-2H3,(H,18,19). The number of rotatable bonds is 5. The molecule has 2 rings (SSSR count). The van der Waals surface area contributed by atoms with Gasteiger partial charge in [-0.15, -0.1) is 0 Å². The molecular weight excluding hydrogens is 252 g/mol. The Kier molecular flexibility index (Phi) is 4.70. The molecular formula is C16H26N2O2. The maximum absolute atomic E-state index is 12.3. The number of ether oxygens (including phenoxy) is 1. The van der Waals surface area contributed by atoms with Gasteiger partial charge in [0, 0.05) is 7.11 Å². The second-order valence-corrected chi connectivity index (χ2v) is 6.51. The molecule has 0 heterocycles. The topological polar surface area (TPSA) is 62.1 Å². The lowest BCUT2D eigenvalue weighted by molar-refractivity contribution is -0.135. The minimum absolute atomic E-state index is 0.0250. The molecule has 0 aromatic rings. The Morgan fingerprint density at radius 3 is 2.40 bits per heavy atom. The number of methoxy groups -OCH3 is 1. The van der Waals surface area contributed by atoms with Crippen LogP contribution in [-0.2, 0) is 9.53 Å². The molecule has 0 atom stereocenters. The average molecular weight is 278 g/mol. The number of amides is 1. The van der Waals surface area contributed by atoms with Crippen molar-refractivity contribution in [3.05, 3.63) is 0 Å². The predicted molar refractivity (Wildman–Crippen MR) is 76.9 cm³/mol. The molecule has 2 aliphatic carbocycles. The molecule has 4 heteroatoms. The zero-order valence-electron chi connectivity index (χ0n) is 12.7. The highest BCUT2D eigenvalue weighted by Gasteiger charge is 2.42. The first-order valence-electron chi connectivity index (χ1n) is 7.84. The number of nitrogens with one attached hydrogen (secondary N) is 1. The molecule has 0 aromatic carbocycles. The normalized spacial score (nSPS) is 31.9. The number of carbonyl (C=O) groups is 1. The summed E-state index contributed by atoms with van der Waals surface area (Å²) in [6.45, 7) is 2.20. The van der Waals surface area contributed by atoms with Crippen LogP contribution in [-0.4, -0.2) is 24.2 Å². The van der Waals surface area contributed by atoms with Crippen molar-refractivity contribution in [1.29, 1.82) is 5.26 Å². The molecule has 0 saturated heterocycles. The van der Waals surface area contributed by atoms with Crippen molar-refractivity contribution in [3.63, 3.8) is 0 Å². The molecule has 0 unspecified atom stereocenters. The SMILES string of the molecule is CCC1CCC(C#N)(NC(=O)CC2(OC)CCC2)CC1. The molecule has 4 nitrogen and oxygen atoms in total. The van der Waals surface area contributed by atoms with Crippen LogP contribution < -0.4 is 5.32 Å². The number of carbonyl (C=O) groups excluding carboxylic acids is 1. The maximum Gasteiger partial charge on any atom is 0.224 e. The summed E-state index contributed by atoms with van der Waals surface area (Å²) in [4.78, 5) is 12.3. The fourth-order valence-electron chi connectivity index (χ4n) is 3.47. The van der Waals surface area contributed by atoms with Crippen LogP contribution in [0.5, 0.6) is 0 Å². The van der Waals surface area contributed by atoms with E-state index in [9.17, 15) is 10.1 Å². The first kappa shape index (κ1) is 15.3. The van der Waals surface area contributed by atoms with Crippen LogP contribution in [0.4, 0.5) is 0 Å². The summed E-state index contributed by atoms with van der Waals surface area (Å²) in [7, 11) is 1.68. The minimum atomic E-state index is -0.637. The summed E-state index contributed by atoms with van der Waals surface area (Å²) in [5, 5.41) is 12.5. The monoisotopic (exact) mass is 278 g/mol. The highest BCUT2D eigenvalue weighted by molar-refractivity contribution is 5.78. The zero-order chi connectivity index (χ0) is 14.6. The van der Waals surface area contributed by atoms with Gasteiger partial charge in [0.2, 0.25) is 5.91 Å². The second kappa shape index (κ2) is 6.13. The molecule has 0 aromatic heterocycles. The third-order valence-corrected chi connectivity index (χ3v) is 5.31. The van der Waals surface area contributed by atoms with Crippen LogP contribution >= 0.6 is 0 Å². The number of nitriles is 1. The summed E-state index contributed by atoms with van der Waals surface area (Å²) < 4.78 is 5.49. The Morgan fingerprint density at radius 1 is 1.35 bits per heavy atom. The largest absolute Gasteiger partial charge is 0.378 e. The summed E-state index contributed by atoms with van der Waals surface area (Å²) in [5.74, 6) is 0.688. The van der Waals surface area contributed by atoms with Crippen molar-refractivity contribution in [2.24, 2.45) is 5.92 Å². The highest BCUT2D eigenvalue weighted by atomic mass is 16.5. The molecule has 2 fully saturated rings. The van der Waals surface area contributed by atoms with Gasteiger partial charge in [0.15, 0.2) is 0 Å². The summed E-state index contributed by atoms with van der Waals surface area (Å²) in [5.41, 5.74) is -0.900. The van der Waals surface area contributed by atoms with E-state index < -0.39 is 5.54 Å². The smallest absolute Gasteiger partial charge is 0.224 e. The van der Waals surface area contributed by atoms with Crippen LogP contribution in [0.15, 0.2) is 0 Å². The van der Waals surface area contributed by atoms with Gasteiger partial charge in [-0.3, -0.25) is 4.79 Å². The Hall–Kier alpha value is -1.08. The summed E-state index contributed by atoms with van der Waals surface area (Å²) >= 11 is 0. The lowest BCUT2D eigenvalue weighted by atomic mass is 9.75. The minimum Gasteiger partial charge on any atom is -0.378 e. The Labute approximate surface area is 121 Å². The number of nitrogens with zero attached hydrogens (tertiary/aromatic N) is 1. The van der Waals surface area contributed by atoms with Crippen molar-refractivity contribution >= 4 is 5.91 Å². The Bertz CT molecular complexity index is 382. The van der Waals surface area contributed by atoms with Gasteiger partial charge in [0.05, 0.1) is 18.1 Å². The Balaban J connectivity index is 1.90. The van der Waals surface area contributed by atoms with Crippen molar-refractivity contribution in [2.75, 3.05) is 7.11 Å². The van der Waals surface area contributed by atoms with E-state index in [0.717, 1.165) is 44.9 Å². The third kappa shape index (κ3) is 3.15. The molecule has 2 aliphatic rings. The van der Waals surface area contributed by atoms with Crippen LogP contribution in [0.2, 0.25) is 0 Å². The van der Waals surface area contributed by atoms with Gasteiger partial charge in [-0.05, 0) is 50.9 Å². The van der Waals surface area contributed by atoms with E-state index in [1.807, 2.05) is 0 Å². The van der Waals surface area contributed by atoms with E-state index in [-0.39, 0.29) is 11.5 Å². The zero-order valence-corrected chi connectivity index (χ0v) is 12.7. The molecule has 20 heavy (non-hydrogen) atoms. The lowest BCUT2D eigenvalue weighted by Gasteiger charge is -2.41. The van der Waals surface area contributed by atoms with Crippen LogP contribution in [0.3, 0.4) is 0 Å². The van der Waals surface area contributed by atoms with Gasteiger partial charge in [-0.2, -0.15) is 5.26 Å². The second-order valence-electron chi connectivity index (χ2n) is 6.51. The van der Waals surface area contributed by atoms with E-state index >= 15 is 0 Å². The fourth-order valence-corrected chi connectivity index (χ4v) is 3.47. The predicted octanol–water partition coefficient (Wildman–Crippen LogP) is 2.92. The van der Waals surface area contributed by atoms with E-state index in [0.29, 0.717) is 12.3 Å². The third-order valence-electron chi connectivity index (χ3n) is 5.31. The quantitative estimate of drug-likeness (QED) is 0.841. The van der Waals surface area contributed by atoms with Crippen molar-refractivity contribution < 1.29 is 9.53 Å². The fraction of sp³-hybridized carbons (Fsp3) is 0.875. The van der Waals surface area contributed by atoms with Gasteiger partial charge in [-0.25, -0.2) is 0 Å². The lowest BCUT2D eigenvalue weighted by Crippen LogP contribution is -2.52. The van der Waals surface area contributed by atoms with Gasteiger partial charge >= 0.3 is 0 Å². The van der Waals surface area contributed by atoms with Crippen LogP contribution in [0.25, 0.3) is 0 Å². The van der Waals surface area contributed by atoms with Crippen molar-refractivity contribution in [2.45, 2.75) is 75.9 Å². The molecule has 0 bridgehead atoms. The number of hydrogen-bond acceptors (Lipinski definition) is 3. The first-order chi connectivity index (χ1) is 9.57. The van der Waals surface area contributed by atoms with Gasteiger partial charge in [0.25, 0.3) is 0 Å². The molecule has 0 aliphatic heterocycles.